The van der Waals surface area contributed by atoms with Crippen molar-refractivity contribution in [3.05, 3.63) is 17.8 Å². The lowest BCUT2D eigenvalue weighted by Gasteiger charge is -2.34. The van der Waals surface area contributed by atoms with Gasteiger partial charge in [0, 0.05) is 6.54 Å². The number of nitrogens with one attached hydrogen (secondary N) is 1. The van der Waals surface area contributed by atoms with Gasteiger partial charge in [0.25, 0.3) is 0 Å². The number of carbonyl (C=O) groups is 1. The highest BCUT2D eigenvalue weighted by Crippen LogP contribution is 2.19. The topological polar surface area (TPSA) is 67.6 Å². The van der Waals surface area contributed by atoms with Crippen molar-refractivity contribution in [2.24, 2.45) is 0 Å². The summed E-state index contributed by atoms with van der Waals surface area (Å²) in [6.07, 6.45) is -3.10. The molecule has 9 heteroatoms. The third kappa shape index (κ3) is 4.43. The molecule has 2 heterocycles. The maximum absolute atomic E-state index is 12.5. The molecule has 6 nitrogen and oxygen atoms in total. The molecule has 0 saturated carbocycles. The van der Waals surface area contributed by atoms with Crippen LogP contribution in [0, 0.1) is 6.92 Å². The average Bonchev–Trinajstić information content (AvgIpc) is 2.80. The second kappa shape index (κ2) is 6.44. The minimum atomic E-state index is -4.35. The van der Waals surface area contributed by atoms with E-state index in [0.29, 0.717) is 11.5 Å². The number of carbonyl (C=O) groups excluding carboxylic acids is 1. The lowest BCUT2D eigenvalue weighted by atomic mass is 10.2. The molecular formula is C12H16F3N3O3. The quantitative estimate of drug-likeness (QED) is 0.894. The zero-order valence-electron chi connectivity index (χ0n) is 11.4. The fraction of sp³-hybridized carbons (Fsp3) is 0.667. The number of ether oxygens (including phenoxy) is 1. The molecule has 0 spiro atoms. The molecule has 0 bridgehead atoms. The largest absolute Gasteiger partial charge is 0.446 e. The Labute approximate surface area is 119 Å². The fourth-order valence-electron chi connectivity index (χ4n) is 2.08. The molecule has 1 aliphatic heterocycles. The minimum absolute atomic E-state index is 0.0582. The van der Waals surface area contributed by atoms with E-state index in [9.17, 15) is 18.0 Å². The van der Waals surface area contributed by atoms with E-state index in [1.54, 1.807) is 6.92 Å². The number of morpholine rings is 1. The minimum Gasteiger partial charge on any atom is -0.446 e. The summed E-state index contributed by atoms with van der Waals surface area (Å²) >= 11 is 0. The molecule has 21 heavy (non-hydrogen) atoms. The molecule has 1 fully saturated rings. The second-order valence-corrected chi connectivity index (χ2v) is 4.76. The molecule has 1 atom stereocenters. The van der Waals surface area contributed by atoms with Gasteiger partial charge in [-0.05, 0) is 6.92 Å². The Bertz CT molecular complexity index is 490. The number of rotatable bonds is 4. The number of aromatic nitrogens is 1. The molecule has 118 valence electrons. The van der Waals surface area contributed by atoms with Crippen LogP contribution in [0.4, 0.5) is 13.2 Å². The Morgan fingerprint density at radius 1 is 1.57 bits per heavy atom. The highest BCUT2D eigenvalue weighted by Gasteiger charge is 2.38. The summed E-state index contributed by atoms with van der Waals surface area (Å²) in [4.78, 5) is 17.0. The Hall–Kier alpha value is -1.61. The molecule has 1 amide bonds. The maximum Gasteiger partial charge on any atom is 0.401 e. The molecule has 1 unspecified atom stereocenters. The molecule has 0 aromatic carbocycles. The van der Waals surface area contributed by atoms with Crippen LogP contribution in [0.5, 0.6) is 0 Å². The summed E-state index contributed by atoms with van der Waals surface area (Å²) < 4.78 is 47.7. The van der Waals surface area contributed by atoms with E-state index in [1.807, 2.05) is 0 Å². The van der Waals surface area contributed by atoms with Crippen LogP contribution in [0.2, 0.25) is 0 Å². The fourth-order valence-corrected chi connectivity index (χ4v) is 2.08. The SMILES string of the molecule is Cc1ncoc1CNC(=O)C1COCCN1CC(F)(F)F. The lowest BCUT2D eigenvalue weighted by molar-refractivity contribution is -0.166. The van der Waals surface area contributed by atoms with Crippen molar-refractivity contribution in [1.82, 2.24) is 15.2 Å². The van der Waals surface area contributed by atoms with E-state index >= 15 is 0 Å². The number of hydrogen-bond acceptors (Lipinski definition) is 5. The summed E-state index contributed by atoms with van der Waals surface area (Å²) in [7, 11) is 0. The third-order valence-corrected chi connectivity index (χ3v) is 3.19. The predicted molar refractivity (Wildman–Crippen MR) is 65.3 cm³/mol. The van der Waals surface area contributed by atoms with Crippen LogP contribution < -0.4 is 5.32 Å². The van der Waals surface area contributed by atoms with Gasteiger partial charge in [-0.3, -0.25) is 9.69 Å². The Kier molecular flexibility index (Phi) is 4.84. The highest BCUT2D eigenvalue weighted by molar-refractivity contribution is 5.82. The van der Waals surface area contributed by atoms with E-state index in [4.69, 9.17) is 9.15 Å². The lowest BCUT2D eigenvalue weighted by Crippen LogP contribution is -2.55. The van der Waals surface area contributed by atoms with Crippen LogP contribution in [0.3, 0.4) is 0 Å². The van der Waals surface area contributed by atoms with E-state index in [-0.39, 0.29) is 26.3 Å². The number of alkyl halides is 3. The van der Waals surface area contributed by atoms with Gasteiger partial charge in [0.15, 0.2) is 6.39 Å². The summed E-state index contributed by atoms with van der Waals surface area (Å²) in [5, 5.41) is 2.55. The number of amides is 1. The van der Waals surface area contributed by atoms with E-state index in [2.05, 4.69) is 10.3 Å². The van der Waals surface area contributed by atoms with Crippen LogP contribution in [0.15, 0.2) is 10.8 Å². The highest BCUT2D eigenvalue weighted by atomic mass is 19.4. The number of oxazole rings is 1. The van der Waals surface area contributed by atoms with Crippen LogP contribution in [0.25, 0.3) is 0 Å². The molecule has 1 N–H and O–H groups in total. The van der Waals surface area contributed by atoms with Crippen LogP contribution in [-0.4, -0.2) is 54.3 Å². The molecule has 1 saturated heterocycles. The van der Waals surface area contributed by atoms with Crippen molar-refractivity contribution in [3.63, 3.8) is 0 Å². The van der Waals surface area contributed by atoms with Crippen LogP contribution >= 0.6 is 0 Å². The number of hydrogen-bond donors (Lipinski definition) is 1. The molecule has 2 rings (SSSR count). The first-order valence-corrected chi connectivity index (χ1v) is 6.42. The molecule has 0 radical (unpaired) electrons. The Balaban J connectivity index is 1.93. The summed E-state index contributed by atoms with van der Waals surface area (Å²) in [6.45, 7) is 0.860. The third-order valence-electron chi connectivity index (χ3n) is 3.19. The van der Waals surface area contributed by atoms with Crippen molar-refractivity contribution in [1.29, 1.82) is 0 Å². The van der Waals surface area contributed by atoms with Crippen molar-refractivity contribution >= 4 is 5.91 Å². The Morgan fingerprint density at radius 2 is 2.33 bits per heavy atom. The zero-order valence-corrected chi connectivity index (χ0v) is 11.4. The summed E-state index contributed by atoms with van der Waals surface area (Å²) in [6, 6.07) is -0.955. The van der Waals surface area contributed by atoms with Crippen molar-refractivity contribution in [2.45, 2.75) is 25.7 Å². The first-order valence-electron chi connectivity index (χ1n) is 6.42. The van der Waals surface area contributed by atoms with Gasteiger partial charge in [0.1, 0.15) is 11.8 Å². The molecule has 1 aromatic rings. The van der Waals surface area contributed by atoms with Crippen LogP contribution in [0.1, 0.15) is 11.5 Å². The molecular weight excluding hydrogens is 291 g/mol. The Morgan fingerprint density at radius 3 is 2.95 bits per heavy atom. The first kappa shape index (κ1) is 15.8. The van der Waals surface area contributed by atoms with Gasteiger partial charge in [-0.15, -0.1) is 0 Å². The normalized spacial score (nSPS) is 20.5. The monoisotopic (exact) mass is 307 g/mol. The van der Waals surface area contributed by atoms with Crippen molar-refractivity contribution in [3.8, 4) is 0 Å². The van der Waals surface area contributed by atoms with E-state index < -0.39 is 24.7 Å². The average molecular weight is 307 g/mol. The second-order valence-electron chi connectivity index (χ2n) is 4.76. The van der Waals surface area contributed by atoms with Crippen molar-refractivity contribution in [2.75, 3.05) is 26.3 Å². The van der Waals surface area contributed by atoms with Gasteiger partial charge in [0.05, 0.1) is 32.0 Å². The van der Waals surface area contributed by atoms with E-state index in [0.717, 1.165) is 4.90 Å². The number of halogens is 3. The number of nitrogens with zero attached hydrogens (tertiary/aromatic N) is 2. The van der Waals surface area contributed by atoms with E-state index in [1.165, 1.54) is 6.39 Å². The van der Waals surface area contributed by atoms with Gasteiger partial charge in [-0.1, -0.05) is 0 Å². The summed E-state index contributed by atoms with van der Waals surface area (Å²) in [5.41, 5.74) is 0.627. The first-order chi connectivity index (χ1) is 9.87. The number of aryl methyl sites for hydroxylation is 1. The van der Waals surface area contributed by atoms with Gasteiger partial charge in [-0.25, -0.2) is 4.98 Å². The van der Waals surface area contributed by atoms with Gasteiger partial charge in [-0.2, -0.15) is 13.2 Å². The zero-order chi connectivity index (χ0) is 15.5. The molecule has 0 aliphatic carbocycles. The van der Waals surface area contributed by atoms with Gasteiger partial charge < -0.3 is 14.5 Å². The van der Waals surface area contributed by atoms with Crippen LogP contribution in [-0.2, 0) is 16.1 Å². The molecule has 1 aliphatic rings. The molecule has 1 aromatic heterocycles. The van der Waals surface area contributed by atoms with Crippen molar-refractivity contribution < 1.29 is 27.1 Å². The predicted octanol–water partition coefficient (Wildman–Crippen LogP) is 0.862. The smallest absolute Gasteiger partial charge is 0.401 e. The standard InChI is InChI=1S/C12H16F3N3O3/c1-8-10(21-7-17-8)4-16-11(19)9-5-20-3-2-18(9)6-12(13,14)15/h7,9H,2-6H2,1H3,(H,16,19). The summed E-state index contributed by atoms with van der Waals surface area (Å²) in [5.74, 6) is -0.0443. The van der Waals surface area contributed by atoms with Gasteiger partial charge in [0.2, 0.25) is 5.91 Å². The van der Waals surface area contributed by atoms with Gasteiger partial charge >= 0.3 is 6.18 Å². The maximum atomic E-state index is 12.5.